The maximum absolute atomic E-state index is 12.0. The highest BCUT2D eigenvalue weighted by Gasteiger charge is 2.26. The van der Waals surface area contributed by atoms with Crippen LogP contribution in [0.2, 0.25) is 0 Å². The molecule has 0 atom stereocenters. The molecule has 0 amide bonds. The van der Waals surface area contributed by atoms with E-state index < -0.39 is 4.92 Å². The van der Waals surface area contributed by atoms with Crippen LogP contribution in [0.25, 0.3) is 0 Å². The number of nitro groups is 1. The van der Waals surface area contributed by atoms with E-state index in [1.54, 1.807) is 31.4 Å². The average molecular weight is 427 g/mol. The van der Waals surface area contributed by atoms with Gasteiger partial charge >= 0.3 is 5.69 Å². The molecule has 3 aromatic carbocycles. The fraction of sp³-hybridized carbons (Fsp3) is 0.0833. The Kier molecular flexibility index (Phi) is 6.22. The molecule has 0 unspecified atom stereocenters. The maximum atomic E-state index is 12.0. The molecule has 160 valence electrons. The van der Waals surface area contributed by atoms with Crippen molar-refractivity contribution < 1.29 is 9.66 Å². The lowest BCUT2D eigenvalue weighted by Crippen LogP contribution is -2.15. The van der Waals surface area contributed by atoms with Gasteiger partial charge in [0.15, 0.2) is 0 Å². The molecule has 0 aliphatic heterocycles. The van der Waals surface area contributed by atoms with Crippen LogP contribution in [0.15, 0.2) is 91.3 Å². The molecule has 0 spiro atoms. The van der Waals surface area contributed by atoms with Gasteiger partial charge < -0.3 is 15.4 Å². The molecule has 0 fully saturated rings. The number of aromatic nitrogens is 2. The topological polar surface area (TPSA) is 102 Å². The Morgan fingerprint density at radius 1 is 0.844 bits per heavy atom. The number of nitrogens with zero attached hydrogens (tertiary/aromatic N) is 3. The van der Waals surface area contributed by atoms with Gasteiger partial charge in [0.2, 0.25) is 11.6 Å². The van der Waals surface area contributed by atoms with Crippen LogP contribution in [0.1, 0.15) is 17.2 Å². The molecular formula is C24H21N5O3. The standard InChI is InChI=1S/C24H21N5O3/c1-32-20-14-12-19(13-15-20)27-23-22(29(30)31)24(26-16-25-23)28-21(17-8-4-2-5-9-17)18-10-6-3-7-11-18/h2-16,21H,1H3,(H2,25,26,27,28). The Morgan fingerprint density at radius 3 is 1.94 bits per heavy atom. The first-order chi connectivity index (χ1) is 15.7. The molecule has 0 bridgehead atoms. The highest BCUT2D eigenvalue weighted by Crippen LogP contribution is 2.35. The van der Waals surface area contributed by atoms with Gasteiger partial charge in [-0.1, -0.05) is 60.7 Å². The molecule has 4 rings (SSSR count). The number of benzene rings is 3. The van der Waals surface area contributed by atoms with Crippen LogP contribution in [0.4, 0.5) is 23.0 Å². The number of ether oxygens (including phenoxy) is 1. The second-order valence-electron chi connectivity index (χ2n) is 6.93. The molecule has 0 aliphatic rings. The predicted octanol–water partition coefficient (Wildman–Crippen LogP) is 5.34. The van der Waals surface area contributed by atoms with Crippen molar-refractivity contribution in [1.82, 2.24) is 9.97 Å². The van der Waals surface area contributed by atoms with E-state index in [0.29, 0.717) is 11.4 Å². The van der Waals surface area contributed by atoms with Gasteiger partial charge in [-0.3, -0.25) is 10.1 Å². The Hall–Kier alpha value is -4.46. The third kappa shape index (κ3) is 4.65. The molecule has 8 heteroatoms. The third-order valence-electron chi connectivity index (χ3n) is 4.90. The Bertz CT molecular complexity index is 1150. The van der Waals surface area contributed by atoms with Crippen LogP contribution >= 0.6 is 0 Å². The first-order valence-electron chi connectivity index (χ1n) is 9.92. The van der Waals surface area contributed by atoms with E-state index in [9.17, 15) is 10.1 Å². The van der Waals surface area contributed by atoms with Crippen molar-refractivity contribution in [1.29, 1.82) is 0 Å². The van der Waals surface area contributed by atoms with E-state index >= 15 is 0 Å². The van der Waals surface area contributed by atoms with Crippen molar-refractivity contribution in [3.8, 4) is 5.75 Å². The van der Waals surface area contributed by atoms with Crippen LogP contribution in [-0.2, 0) is 0 Å². The number of methoxy groups -OCH3 is 1. The van der Waals surface area contributed by atoms with Crippen LogP contribution in [0, 0.1) is 10.1 Å². The quantitative estimate of drug-likeness (QED) is 0.289. The van der Waals surface area contributed by atoms with E-state index in [4.69, 9.17) is 4.74 Å². The minimum atomic E-state index is -0.485. The van der Waals surface area contributed by atoms with Gasteiger partial charge in [-0.2, -0.15) is 0 Å². The first kappa shape index (κ1) is 20.8. The van der Waals surface area contributed by atoms with Gasteiger partial charge in [0.05, 0.1) is 18.1 Å². The number of rotatable bonds is 8. The Balaban J connectivity index is 1.71. The Labute approximate surface area is 185 Å². The van der Waals surface area contributed by atoms with Gasteiger partial charge in [0.25, 0.3) is 0 Å². The van der Waals surface area contributed by atoms with E-state index in [1.165, 1.54) is 6.33 Å². The van der Waals surface area contributed by atoms with E-state index in [0.717, 1.165) is 11.1 Å². The summed E-state index contributed by atoms with van der Waals surface area (Å²) in [6.07, 6.45) is 1.30. The zero-order valence-corrected chi connectivity index (χ0v) is 17.3. The van der Waals surface area contributed by atoms with Gasteiger partial charge in [0, 0.05) is 5.69 Å². The normalized spacial score (nSPS) is 10.6. The largest absolute Gasteiger partial charge is 0.497 e. The molecule has 2 N–H and O–H groups in total. The van der Waals surface area contributed by atoms with Crippen molar-refractivity contribution in [3.63, 3.8) is 0 Å². The fourth-order valence-corrected chi connectivity index (χ4v) is 3.35. The average Bonchev–Trinajstić information content (AvgIpc) is 2.84. The van der Waals surface area contributed by atoms with Gasteiger partial charge in [0.1, 0.15) is 12.1 Å². The van der Waals surface area contributed by atoms with Crippen molar-refractivity contribution >= 4 is 23.0 Å². The summed E-state index contributed by atoms with van der Waals surface area (Å²) in [4.78, 5) is 19.8. The second-order valence-corrected chi connectivity index (χ2v) is 6.93. The third-order valence-corrected chi connectivity index (χ3v) is 4.90. The molecule has 8 nitrogen and oxygen atoms in total. The van der Waals surface area contributed by atoms with Crippen LogP contribution in [0.5, 0.6) is 5.75 Å². The second kappa shape index (κ2) is 9.57. The van der Waals surface area contributed by atoms with Crippen molar-refractivity contribution in [2.24, 2.45) is 0 Å². The van der Waals surface area contributed by atoms with Crippen molar-refractivity contribution in [2.45, 2.75) is 6.04 Å². The molecule has 0 radical (unpaired) electrons. The zero-order valence-electron chi connectivity index (χ0n) is 17.3. The van der Waals surface area contributed by atoms with Crippen LogP contribution < -0.4 is 15.4 Å². The molecule has 4 aromatic rings. The summed E-state index contributed by atoms with van der Waals surface area (Å²) in [6, 6.07) is 26.1. The van der Waals surface area contributed by atoms with E-state index in [-0.39, 0.29) is 23.4 Å². The monoisotopic (exact) mass is 427 g/mol. The Morgan fingerprint density at radius 2 is 1.41 bits per heavy atom. The lowest BCUT2D eigenvalue weighted by Gasteiger charge is -2.20. The minimum absolute atomic E-state index is 0.0949. The van der Waals surface area contributed by atoms with Gasteiger partial charge in [-0.05, 0) is 35.4 Å². The SMILES string of the molecule is COc1ccc(Nc2ncnc(NC(c3ccccc3)c3ccccc3)c2[N+](=O)[O-])cc1. The molecule has 1 heterocycles. The highest BCUT2D eigenvalue weighted by atomic mass is 16.6. The summed E-state index contributed by atoms with van der Waals surface area (Å²) in [5, 5.41) is 18.3. The summed E-state index contributed by atoms with van der Waals surface area (Å²) < 4.78 is 5.16. The number of hydrogen-bond acceptors (Lipinski definition) is 7. The van der Waals surface area contributed by atoms with Crippen molar-refractivity contribution in [2.75, 3.05) is 17.7 Å². The summed E-state index contributed by atoms with van der Waals surface area (Å²) in [6.45, 7) is 0. The molecule has 0 aliphatic carbocycles. The zero-order chi connectivity index (χ0) is 22.3. The summed E-state index contributed by atoms with van der Waals surface area (Å²) in [5.41, 5.74) is 2.31. The lowest BCUT2D eigenvalue weighted by atomic mass is 9.99. The van der Waals surface area contributed by atoms with Crippen LogP contribution in [0.3, 0.4) is 0 Å². The minimum Gasteiger partial charge on any atom is -0.497 e. The summed E-state index contributed by atoms with van der Waals surface area (Å²) >= 11 is 0. The lowest BCUT2D eigenvalue weighted by molar-refractivity contribution is -0.383. The number of hydrogen-bond donors (Lipinski definition) is 2. The fourth-order valence-electron chi connectivity index (χ4n) is 3.35. The van der Waals surface area contributed by atoms with E-state index in [2.05, 4.69) is 20.6 Å². The molecule has 1 aromatic heterocycles. The first-order valence-corrected chi connectivity index (χ1v) is 9.92. The summed E-state index contributed by atoms with van der Waals surface area (Å²) in [5.74, 6) is 0.903. The van der Waals surface area contributed by atoms with Gasteiger partial charge in [-0.15, -0.1) is 0 Å². The molecule has 32 heavy (non-hydrogen) atoms. The van der Waals surface area contributed by atoms with Crippen molar-refractivity contribution in [3.05, 3.63) is 112 Å². The smallest absolute Gasteiger partial charge is 0.353 e. The van der Waals surface area contributed by atoms with Crippen LogP contribution in [-0.4, -0.2) is 22.0 Å². The molecule has 0 saturated carbocycles. The van der Waals surface area contributed by atoms with E-state index in [1.807, 2.05) is 60.7 Å². The highest BCUT2D eigenvalue weighted by molar-refractivity contribution is 5.74. The number of anilines is 3. The number of nitrogens with one attached hydrogen (secondary N) is 2. The predicted molar refractivity (Wildman–Crippen MR) is 123 cm³/mol. The summed E-state index contributed by atoms with van der Waals surface area (Å²) in [7, 11) is 1.57. The maximum Gasteiger partial charge on any atom is 0.353 e. The molecule has 0 saturated heterocycles. The molecular weight excluding hydrogens is 406 g/mol. The van der Waals surface area contributed by atoms with Gasteiger partial charge in [-0.25, -0.2) is 9.97 Å².